The van der Waals surface area contributed by atoms with Gasteiger partial charge in [0.15, 0.2) is 11.6 Å². The first-order valence-electron chi connectivity index (χ1n) is 9.39. The van der Waals surface area contributed by atoms with E-state index in [1.165, 1.54) is 14.0 Å². The number of halogens is 1. The lowest BCUT2D eigenvalue weighted by molar-refractivity contribution is 0.0727. The molecule has 0 heterocycles. The Hall–Kier alpha value is -3.34. The Morgan fingerprint density at radius 3 is 2.17 bits per heavy atom. The lowest BCUT2D eigenvalue weighted by atomic mass is 9.99. The topological polar surface area (TPSA) is 44.8 Å². The van der Waals surface area contributed by atoms with Crippen LogP contribution in [-0.4, -0.2) is 13.1 Å². The largest absolute Gasteiger partial charge is 0.493 e. The van der Waals surface area contributed by atoms with E-state index in [9.17, 15) is 9.18 Å². The normalized spacial score (nSPS) is 10.5. The molecule has 0 saturated carbocycles. The first-order chi connectivity index (χ1) is 14.1. The second-order valence-corrected chi connectivity index (χ2v) is 6.49. The Bertz CT molecular complexity index is 985. The van der Waals surface area contributed by atoms with Gasteiger partial charge < -0.3 is 14.2 Å². The summed E-state index contributed by atoms with van der Waals surface area (Å²) in [6, 6.07) is 18.2. The molecule has 0 amide bonds. The zero-order chi connectivity index (χ0) is 20.8. The van der Waals surface area contributed by atoms with Crippen LogP contribution < -0.4 is 14.2 Å². The summed E-state index contributed by atoms with van der Waals surface area (Å²) in [4.78, 5) is 13.0. The summed E-state index contributed by atoms with van der Waals surface area (Å²) in [5, 5.41) is 0. The van der Waals surface area contributed by atoms with Crippen molar-refractivity contribution in [1.29, 1.82) is 0 Å². The summed E-state index contributed by atoms with van der Waals surface area (Å²) in [5.74, 6) is -0.512. The summed E-state index contributed by atoms with van der Waals surface area (Å²) < 4.78 is 31.8. The van der Waals surface area contributed by atoms with E-state index in [2.05, 4.69) is 0 Å². The lowest BCUT2D eigenvalue weighted by Gasteiger charge is -2.20. The molecular formula is C24H23FO4. The molecule has 0 saturated heterocycles. The number of esters is 1. The van der Waals surface area contributed by atoms with Gasteiger partial charge in [0.05, 0.1) is 7.11 Å². The van der Waals surface area contributed by atoms with Crippen molar-refractivity contribution in [3.8, 4) is 17.2 Å². The molecular weight excluding hydrogens is 371 g/mol. The van der Waals surface area contributed by atoms with Gasteiger partial charge in [0.25, 0.3) is 0 Å². The number of rotatable bonds is 7. The molecule has 0 spiro atoms. The van der Waals surface area contributed by atoms with Crippen molar-refractivity contribution in [3.05, 3.63) is 88.7 Å². The molecule has 0 atom stereocenters. The van der Waals surface area contributed by atoms with Crippen LogP contribution in [0.2, 0.25) is 0 Å². The standard InChI is InChI=1S/C24H23FO4/c1-4-19-22(28-15-17-11-7-5-8-12-17)20(16(2)21(25)23(19)27-3)24(26)29-18-13-9-6-10-14-18/h5-14H,4,15H2,1-3H3. The van der Waals surface area contributed by atoms with Crippen molar-refractivity contribution in [2.75, 3.05) is 7.11 Å². The Morgan fingerprint density at radius 1 is 0.966 bits per heavy atom. The summed E-state index contributed by atoms with van der Waals surface area (Å²) in [5.41, 5.74) is 1.62. The maximum Gasteiger partial charge on any atom is 0.347 e. The smallest absolute Gasteiger partial charge is 0.347 e. The molecule has 0 fully saturated rings. The van der Waals surface area contributed by atoms with Crippen molar-refractivity contribution in [1.82, 2.24) is 0 Å². The average molecular weight is 394 g/mol. The third kappa shape index (κ3) is 4.40. The minimum absolute atomic E-state index is 0.0694. The van der Waals surface area contributed by atoms with Crippen molar-refractivity contribution in [3.63, 3.8) is 0 Å². The van der Waals surface area contributed by atoms with E-state index in [0.717, 1.165) is 5.56 Å². The molecule has 29 heavy (non-hydrogen) atoms. The highest BCUT2D eigenvalue weighted by Gasteiger charge is 2.28. The number of ether oxygens (including phenoxy) is 3. The SMILES string of the molecule is CCc1c(OC)c(F)c(C)c(C(=O)Oc2ccccc2)c1OCc1ccccc1. The maximum absolute atomic E-state index is 15.0. The monoisotopic (exact) mass is 394 g/mol. The van der Waals surface area contributed by atoms with Crippen molar-refractivity contribution in [2.45, 2.75) is 26.9 Å². The Labute approximate surface area is 169 Å². The van der Waals surface area contributed by atoms with E-state index >= 15 is 0 Å². The third-order valence-corrected chi connectivity index (χ3v) is 4.62. The predicted molar refractivity (Wildman–Crippen MR) is 109 cm³/mol. The van der Waals surface area contributed by atoms with Gasteiger partial charge in [-0.2, -0.15) is 0 Å². The molecule has 0 aliphatic rings. The van der Waals surface area contributed by atoms with Crippen LogP contribution in [0.15, 0.2) is 60.7 Å². The van der Waals surface area contributed by atoms with Crippen molar-refractivity contribution < 1.29 is 23.4 Å². The summed E-state index contributed by atoms with van der Waals surface area (Å²) in [6.07, 6.45) is 0.427. The van der Waals surface area contributed by atoms with Gasteiger partial charge in [-0.25, -0.2) is 9.18 Å². The number of benzene rings is 3. The highest BCUT2D eigenvalue weighted by atomic mass is 19.1. The lowest BCUT2D eigenvalue weighted by Crippen LogP contribution is -2.16. The van der Waals surface area contributed by atoms with Gasteiger partial charge in [-0.15, -0.1) is 0 Å². The maximum atomic E-state index is 15.0. The van der Waals surface area contributed by atoms with Crippen LogP contribution in [0.25, 0.3) is 0 Å². The van der Waals surface area contributed by atoms with Crippen molar-refractivity contribution >= 4 is 5.97 Å². The van der Waals surface area contributed by atoms with Crippen LogP contribution in [0.1, 0.15) is 34.0 Å². The van der Waals surface area contributed by atoms with Crippen LogP contribution in [0.4, 0.5) is 4.39 Å². The predicted octanol–water partition coefficient (Wildman–Crippen LogP) is 5.50. The quantitative estimate of drug-likeness (QED) is 0.392. The first kappa shape index (κ1) is 20.4. The van der Waals surface area contributed by atoms with Gasteiger partial charge in [0.1, 0.15) is 23.7 Å². The zero-order valence-electron chi connectivity index (χ0n) is 16.7. The average Bonchev–Trinajstić information content (AvgIpc) is 2.75. The van der Waals surface area contributed by atoms with E-state index in [4.69, 9.17) is 14.2 Å². The fourth-order valence-electron chi connectivity index (χ4n) is 3.15. The van der Waals surface area contributed by atoms with E-state index in [1.54, 1.807) is 24.3 Å². The number of methoxy groups -OCH3 is 1. The Kier molecular flexibility index (Phi) is 6.50. The van der Waals surface area contributed by atoms with Crippen LogP contribution in [0.5, 0.6) is 17.2 Å². The molecule has 150 valence electrons. The molecule has 3 rings (SSSR count). The first-order valence-corrected chi connectivity index (χ1v) is 9.39. The van der Waals surface area contributed by atoms with Gasteiger partial charge >= 0.3 is 5.97 Å². The summed E-state index contributed by atoms with van der Waals surface area (Å²) >= 11 is 0. The molecule has 3 aromatic carbocycles. The van der Waals surface area contributed by atoms with Gasteiger partial charge in [-0.1, -0.05) is 55.5 Å². The van der Waals surface area contributed by atoms with Gasteiger partial charge in [0, 0.05) is 11.1 Å². The molecule has 0 bridgehead atoms. The molecule has 3 aromatic rings. The number of hydrogen-bond donors (Lipinski definition) is 0. The Balaban J connectivity index is 2.06. The molecule has 0 N–H and O–H groups in total. The van der Waals surface area contributed by atoms with E-state index in [1.807, 2.05) is 43.3 Å². The highest BCUT2D eigenvalue weighted by molar-refractivity contribution is 5.96. The van der Waals surface area contributed by atoms with Gasteiger partial charge in [0.2, 0.25) is 0 Å². The minimum Gasteiger partial charge on any atom is -0.493 e. The minimum atomic E-state index is -0.673. The summed E-state index contributed by atoms with van der Waals surface area (Å²) in [7, 11) is 1.40. The highest BCUT2D eigenvalue weighted by Crippen LogP contribution is 2.39. The zero-order valence-corrected chi connectivity index (χ0v) is 16.7. The molecule has 0 unspecified atom stereocenters. The fourth-order valence-corrected chi connectivity index (χ4v) is 3.15. The van der Waals surface area contributed by atoms with E-state index in [-0.39, 0.29) is 29.2 Å². The number of carbonyl (C=O) groups is 1. The number of para-hydroxylation sites is 1. The second-order valence-electron chi connectivity index (χ2n) is 6.49. The third-order valence-electron chi connectivity index (χ3n) is 4.62. The van der Waals surface area contributed by atoms with Crippen LogP contribution in [0.3, 0.4) is 0 Å². The van der Waals surface area contributed by atoms with Gasteiger partial charge in [-0.05, 0) is 31.0 Å². The van der Waals surface area contributed by atoms with E-state index in [0.29, 0.717) is 17.7 Å². The van der Waals surface area contributed by atoms with Crippen LogP contribution in [0, 0.1) is 12.7 Å². The molecule has 0 aliphatic heterocycles. The number of carbonyl (C=O) groups excluding carboxylic acids is 1. The fraction of sp³-hybridized carbons (Fsp3) is 0.208. The number of hydrogen-bond acceptors (Lipinski definition) is 4. The second kappa shape index (κ2) is 9.24. The molecule has 5 heteroatoms. The van der Waals surface area contributed by atoms with Gasteiger partial charge in [-0.3, -0.25) is 0 Å². The van der Waals surface area contributed by atoms with Crippen LogP contribution >= 0.6 is 0 Å². The van der Waals surface area contributed by atoms with Crippen molar-refractivity contribution in [2.24, 2.45) is 0 Å². The van der Waals surface area contributed by atoms with Crippen LogP contribution in [-0.2, 0) is 13.0 Å². The Morgan fingerprint density at radius 2 is 1.59 bits per heavy atom. The molecule has 0 aromatic heterocycles. The molecule has 0 radical (unpaired) electrons. The molecule has 4 nitrogen and oxygen atoms in total. The summed E-state index contributed by atoms with van der Waals surface area (Å²) in [6.45, 7) is 3.61. The van der Waals surface area contributed by atoms with E-state index < -0.39 is 11.8 Å². The molecule has 0 aliphatic carbocycles.